The summed E-state index contributed by atoms with van der Waals surface area (Å²) in [6.07, 6.45) is 9.38. The van der Waals surface area contributed by atoms with Crippen molar-refractivity contribution in [1.82, 2.24) is 29.5 Å². The van der Waals surface area contributed by atoms with Crippen LogP contribution in [-0.4, -0.2) is 55.1 Å². The fraction of sp³-hybridized carbons (Fsp3) is 0.393. The first-order valence-corrected chi connectivity index (χ1v) is 12.9. The number of hydrogen-bond acceptors (Lipinski definition) is 5. The smallest absolute Gasteiger partial charge is 0.273 e. The molecule has 1 aliphatic heterocycles. The van der Waals surface area contributed by atoms with Crippen molar-refractivity contribution < 1.29 is 9.18 Å². The number of alkyl halides is 1. The number of amides is 1. The van der Waals surface area contributed by atoms with Gasteiger partial charge in [-0.25, -0.2) is 9.50 Å². The Morgan fingerprint density at radius 2 is 1.81 bits per heavy atom. The van der Waals surface area contributed by atoms with Crippen molar-refractivity contribution in [1.29, 1.82) is 0 Å². The van der Waals surface area contributed by atoms with Gasteiger partial charge in [0.2, 0.25) is 0 Å². The molecule has 1 saturated carbocycles. The number of carbonyl (C=O) groups is 1. The number of aromatic nitrogens is 5. The van der Waals surface area contributed by atoms with Crippen LogP contribution in [0.2, 0.25) is 0 Å². The van der Waals surface area contributed by atoms with E-state index in [2.05, 4.69) is 27.2 Å². The van der Waals surface area contributed by atoms with E-state index in [0.29, 0.717) is 41.8 Å². The monoisotopic (exact) mass is 500 g/mol. The highest BCUT2D eigenvalue weighted by Crippen LogP contribution is 2.34. The molecule has 1 saturated heterocycles. The van der Waals surface area contributed by atoms with E-state index in [0.717, 1.165) is 5.56 Å². The average Bonchev–Trinajstić information content (AvgIpc) is 3.29. The van der Waals surface area contributed by atoms with Gasteiger partial charge in [-0.3, -0.25) is 29.0 Å². The molecule has 9 heteroatoms. The van der Waals surface area contributed by atoms with Gasteiger partial charge in [0.15, 0.2) is 5.65 Å². The molecule has 190 valence electrons. The third-order valence-corrected chi connectivity index (χ3v) is 7.69. The molecule has 0 bridgehead atoms. The van der Waals surface area contributed by atoms with Crippen molar-refractivity contribution in [3.8, 4) is 22.6 Å². The van der Waals surface area contributed by atoms with E-state index in [-0.39, 0.29) is 28.6 Å². The molecule has 0 unspecified atom stereocenters. The van der Waals surface area contributed by atoms with Gasteiger partial charge in [-0.05, 0) is 31.2 Å². The summed E-state index contributed by atoms with van der Waals surface area (Å²) in [5.41, 5.74) is 4.25. The molecule has 2 aliphatic rings. The number of hydrogen-bond donors (Lipinski definition) is 1. The average molecular weight is 501 g/mol. The second kappa shape index (κ2) is 9.53. The molecule has 1 aromatic carbocycles. The molecule has 8 nitrogen and oxygen atoms in total. The molecular weight excluding hydrogens is 471 g/mol. The number of nitrogens with one attached hydrogen (secondary N) is 1. The summed E-state index contributed by atoms with van der Waals surface area (Å²) in [6.45, 7) is 1.99. The number of likely N-dealkylation sites (tertiary alicyclic amines) is 1. The summed E-state index contributed by atoms with van der Waals surface area (Å²) in [6, 6.07) is 9.74. The Morgan fingerprint density at radius 3 is 2.51 bits per heavy atom. The lowest BCUT2D eigenvalue weighted by Gasteiger charge is -2.37. The van der Waals surface area contributed by atoms with Crippen LogP contribution >= 0.6 is 0 Å². The highest BCUT2D eigenvalue weighted by Gasteiger charge is 2.35. The molecule has 1 amide bonds. The standard InChI is InChI=1S/C28H29FN6O2/c1-17-25(31-12-11-30-17)26-24(28(37)34-15-18(14-29)16-34)27-32-22(13-23(36)35(27)33-26)21-9-7-20(8-10-21)19-5-3-2-4-6-19/h7-13,18-19,33H,2-6,14-16H2,1H3. The van der Waals surface area contributed by atoms with Gasteiger partial charge in [0.25, 0.3) is 11.5 Å². The number of rotatable bonds is 5. The lowest BCUT2D eigenvalue weighted by molar-refractivity contribution is 0.0455. The Bertz CT molecular complexity index is 1510. The molecule has 4 aromatic rings. The van der Waals surface area contributed by atoms with Crippen molar-refractivity contribution in [2.24, 2.45) is 5.92 Å². The lowest BCUT2D eigenvalue weighted by atomic mass is 9.84. The van der Waals surface area contributed by atoms with Crippen molar-refractivity contribution in [2.75, 3.05) is 19.8 Å². The first-order valence-electron chi connectivity index (χ1n) is 12.9. The number of nitrogens with zero attached hydrogens (tertiary/aromatic N) is 5. The quantitative estimate of drug-likeness (QED) is 0.434. The van der Waals surface area contributed by atoms with Crippen molar-refractivity contribution in [2.45, 2.75) is 44.9 Å². The van der Waals surface area contributed by atoms with E-state index in [1.165, 1.54) is 48.2 Å². The number of H-pyrrole nitrogens is 1. The number of benzene rings is 1. The van der Waals surface area contributed by atoms with Crippen LogP contribution in [0.1, 0.15) is 59.6 Å². The van der Waals surface area contributed by atoms with Gasteiger partial charge < -0.3 is 4.90 Å². The molecule has 4 heterocycles. The Kier molecular flexibility index (Phi) is 6.06. The van der Waals surface area contributed by atoms with Crippen LogP contribution in [0.15, 0.2) is 47.5 Å². The van der Waals surface area contributed by atoms with E-state index in [9.17, 15) is 14.0 Å². The number of halogens is 1. The van der Waals surface area contributed by atoms with Crippen LogP contribution in [0.4, 0.5) is 4.39 Å². The maximum Gasteiger partial charge on any atom is 0.273 e. The van der Waals surface area contributed by atoms with Crippen molar-refractivity contribution in [3.05, 3.63) is 69.9 Å². The van der Waals surface area contributed by atoms with Gasteiger partial charge in [-0.15, -0.1) is 0 Å². The van der Waals surface area contributed by atoms with Gasteiger partial charge in [0, 0.05) is 43.0 Å². The molecule has 0 spiro atoms. The van der Waals surface area contributed by atoms with Gasteiger partial charge in [0.05, 0.1) is 23.8 Å². The Hall–Kier alpha value is -3.88. The normalized spacial score (nSPS) is 16.8. The Morgan fingerprint density at radius 1 is 1.08 bits per heavy atom. The van der Waals surface area contributed by atoms with E-state index in [1.54, 1.807) is 24.2 Å². The van der Waals surface area contributed by atoms with Gasteiger partial charge in [0.1, 0.15) is 11.3 Å². The second-order valence-electron chi connectivity index (χ2n) is 10.2. The van der Waals surface area contributed by atoms with Crippen LogP contribution in [0.3, 0.4) is 0 Å². The largest absolute Gasteiger partial charge is 0.338 e. The van der Waals surface area contributed by atoms with E-state index >= 15 is 0 Å². The van der Waals surface area contributed by atoms with Gasteiger partial charge in [-0.1, -0.05) is 43.5 Å². The summed E-state index contributed by atoms with van der Waals surface area (Å²) < 4.78 is 14.4. The first-order chi connectivity index (χ1) is 18.0. The zero-order valence-corrected chi connectivity index (χ0v) is 20.8. The topological polar surface area (TPSA) is 96.2 Å². The molecule has 37 heavy (non-hydrogen) atoms. The maximum atomic E-state index is 13.6. The number of fused-ring (bicyclic) bond motifs is 1. The lowest BCUT2D eigenvalue weighted by Crippen LogP contribution is -2.50. The maximum absolute atomic E-state index is 13.6. The van der Waals surface area contributed by atoms with Gasteiger partial charge in [-0.2, -0.15) is 0 Å². The summed E-state index contributed by atoms with van der Waals surface area (Å²) in [4.78, 5) is 41.9. The zero-order chi connectivity index (χ0) is 25.5. The molecule has 2 fully saturated rings. The Balaban J connectivity index is 1.45. The minimum Gasteiger partial charge on any atom is -0.338 e. The third kappa shape index (κ3) is 4.22. The van der Waals surface area contributed by atoms with Crippen molar-refractivity contribution >= 4 is 11.6 Å². The fourth-order valence-electron chi connectivity index (χ4n) is 5.57. The highest BCUT2D eigenvalue weighted by molar-refractivity contribution is 6.06. The molecule has 0 radical (unpaired) electrons. The van der Waals surface area contributed by atoms with Crippen LogP contribution < -0.4 is 5.56 Å². The van der Waals surface area contributed by atoms with Gasteiger partial charge >= 0.3 is 0 Å². The number of aryl methyl sites for hydroxylation is 1. The van der Waals surface area contributed by atoms with E-state index in [4.69, 9.17) is 4.98 Å². The summed E-state index contributed by atoms with van der Waals surface area (Å²) in [5, 5.41) is 3.05. The minimum atomic E-state index is -0.466. The molecular formula is C28H29FN6O2. The number of aromatic amines is 1. The van der Waals surface area contributed by atoms with Crippen LogP contribution in [0.5, 0.6) is 0 Å². The first kappa shape index (κ1) is 23.5. The Labute approximate surface area is 213 Å². The fourth-order valence-corrected chi connectivity index (χ4v) is 5.57. The molecule has 3 aromatic heterocycles. The minimum absolute atomic E-state index is 0.162. The highest BCUT2D eigenvalue weighted by atomic mass is 19.1. The molecule has 0 atom stereocenters. The van der Waals surface area contributed by atoms with E-state index in [1.807, 2.05) is 12.1 Å². The van der Waals surface area contributed by atoms with Crippen LogP contribution in [0, 0.1) is 12.8 Å². The second-order valence-corrected chi connectivity index (χ2v) is 10.2. The van der Waals surface area contributed by atoms with E-state index < -0.39 is 6.67 Å². The SMILES string of the molecule is Cc1nccnc1-c1[nH]n2c(=O)cc(-c3ccc(C4CCCCC4)cc3)nc2c1C(=O)N1CC(CF)C1. The summed E-state index contributed by atoms with van der Waals surface area (Å²) in [7, 11) is 0. The van der Waals surface area contributed by atoms with Crippen LogP contribution in [-0.2, 0) is 0 Å². The zero-order valence-electron chi connectivity index (χ0n) is 20.8. The predicted octanol–water partition coefficient (Wildman–Crippen LogP) is 4.54. The molecule has 1 aliphatic carbocycles. The summed E-state index contributed by atoms with van der Waals surface area (Å²) in [5.74, 6) is 0.116. The summed E-state index contributed by atoms with van der Waals surface area (Å²) >= 11 is 0. The third-order valence-electron chi connectivity index (χ3n) is 7.69. The number of carbonyl (C=O) groups excluding carboxylic acids is 1. The van der Waals surface area contributed by atoms with Crippen LogP contribution in [0.25, 0.3) is 28.3 Å². The molecule has 6 rings (SSSR count). The van der Waals surface area contributed by atoms with Crippen molar-refractivity contribution in [3.63, 3.8) is 0 Å². The molecule has 1 N–H and O–H groups in total. The predicted molar refractivity (Wildman–Crippen MR) is 138 cm³/mol.